The molecule has 1 amide bonds. The normalized spacial score (nSPS) is 28.6. The molecule has 2 aromatic rings. The van der Waals surface area contributed by atoms with Crippen LogP contribution in [0.5, 0.6) is 0 Å². The molecule has 0 saturated carbocycles. The third-order valence-electron chi connectivity index (χ3n) is 5.94. The standard InChI is InChI=1S/C22H23ClN2O3/c1-12(2)10-17-22(15-9-8-14(23)11-16(15)24-21(22)28)18(19(25-17)20(26)27)13-6-4-3-5-7-13/h3-9,11-12,17-19,25H,10H2,1-2H3,(H,24,28)(H,26,27). The minimum absolute atomic E-state index is 0.166. The molecule has 2 heterocycles. The Kier molecular flexibility index (Phi) is 4.68. The number of carboxylic acids is 1. The number of fused-ring (bicyclic) bond motifs is 2. The summed E-state index contributed by atoms with van der Waals surface area (Å²) in [5.74, 6) is -1.35. The van der Waals surface area contributed by atoms with Crippen LogP contribution in [-0.4, -0.2) is 29.1 Å². The number of amides is 1. The van der Waals surface area contributed by atoms with Crippen LogP contribution in [0.1, 0.15) is 37.3 Å². The van der Waals surface area contributed by atoms with Crippen molar-refractivity contribution in [3.63, 3.8) is 0 Å². The lowest BCUT2D eigenvalue weighted by atomic mass is 9.63. The fraction of sp³-hybridized carbons (Fsp3) is 0.364. The van der Waals surface area contributed by atoms with Gasteiger partial charge in [0.05, 0.1) is 0 Å². The van der Waals surface area contributed by atoms with Crippen LogP contribution in [-0.2, 0) is 15.0 Å². The van der Waals surface area contributed by atoms with E-state index >= 15 is 0 Å². The van der Waals surface area contributed by atoms with Crippen LogP contribution in [0.2, 0.25) is 5.02 Å². The van der Waals surface area contributed by atoms with Gasteiger partial charge in [-0.2, -0.15) is 0 Å². The molecule has 0 radical (unpaired) electrons. The van der Waals surface area contributed by atoms with Gasteiger partial charge >= 0.3 is 5.97 Å². The average molecular weight is 399 g/mol. The molecule has 3 N–H and O–H groups in total. The zero-order valence-electron chi connectivity index (χ0n) is 15.8. The first-order valence-electron chi connectivity index (χ1n) is 9.51. The first-order valence-corrected chi connectivity index (χ1v) is 9.88. The Hall–Kier alpha value is -2.37. The predicted octanol–water partition coefficient (Wildman–Crippen LogP) is 3.78. The Bertz CT molecular complexity index is 931. The minimum atomic E-state index is -1.01. The molecular formula is C22H23ClN2O3. The molecule has 1 saturated heterocycles. The monoisotopic (exact) mass is 398 g/mol. The minimum Gasteiger partial charge on any atom is -0.480 e. The number of hydrogen-bond donors (Lipinski definition) is 3. The van der Waals surface area contributed by atoms with Crippen LogP contribution < -0.4 is 10.6 Å². The van der Waals surface area contributed by atoms with Crippen molar-refractivity contribution in [2.24, 2.45) is 5.92 Å². The number of carbonyl (C=O) groups excluding carboxylic acids is 1. The summed E-state index contributed by atoms with van der Waals surface area (Å²) in [5.41, 5.74) is 1.32. The van der Waals surface area contributed by atoms with E-state index in [1.807, 2.05) is 36.4 Å². The van der Waals surface area contributed by atoms with Crippen molar-refractivity contribution in [3.8, 4) is 0 Å². The second kappa shape index (κ2) is 6.90. The van der Waals surface area contributed by atoms with Crippen molar-refractivity contribution in [2.45, 2.75) is 43.7 Å². The summed E-state index contributed by atoms with van der Waals surface area (Å²) in [5, 5.41) is 16.8. The Morgan fingerprint density at radius 2 is 1.93 bits per heavy atom. The number of rotatable bonds is 4. The Morgan fingerprint density at radius 3 is 2.57 bits per heavy atom. The van der Waals surface area contributed by atoms with Gasteiger partial charge in [0.1, 0.15) is 11.5 Å². The largest absolute Gasteiger partial charge is 0.480 e. The third kappa shape index (κ3) is 2.73. The number of benzene rings is 2. The van der Waals surface area contributed by atoms with Crippen molar-refractivity contribution in [2.75, 3.05) is 5.32 Å². The van der Waals surface area contributed by atoms with E-state index in [-0.39, 0.29) is 11.9 Å². The lowest BCUT2D eigenvalue weighted by molar-refractivity contribution is -0.139. The maximum atomic E-state index is 13.5. The molecule has 2 aliphatic heterocycles. The van der Waals surface area contributed by atoms with Gasteiger partial charge in [0.15, 0.2) is 0 Å². The van der Waals surface area contributed by atoms with Gasteiger partial charge in [0, 0.05) is 22.7 Å². The molecule has 1 spiro atoms. The Labute approximate surface area is 169 Å². The van der Waals surface area contributed by atoms with E-state index in [0.29, 0.717) is 23.0 Å². The molecule has 0 bridgehead atoms. The summed E-state index contributed by atoms with van der Waals surface area (Å²) in [6, 6.07) is 13.7. The summed E-state index contributed by atoms with van der Waals surface area (Å²) in [6.07, 6.45) is 0.683. The number of carbonyl (C=O) groups is 2. The molecule has 0 aliphatic carbocycles. The zero-order valence-corrected chi connectivity index (χ0v) is 16.5. The first-order chi connectivity index (χ1) is 13.4. The molecular weight excluding hydrogens is 376 g/mol. The van der Waals surface area contributed by atoms with Crippen molar-refractivity contribution in [1.29, 1.82) is 0 Å². The van der Waals surface area contributed by atoms with Gasteiger partial charge in [-0.25, -0.2) is 0 Å². The fourth-order valence-corrected chi connectivity index (χ4v) is 5.13. The van der Waals surface area contributed by atoms with E-state index in [2.05, 4.69) is 24.5 Å². The molecule has 146 valence electrons. The Morgan fingerprint density at radius 1 is 1.21 bits per heavy atom. The zero-order chi connectivity index (χ0) is 20.1. The van der Waals surface area contributed by atoms with Crippen molar-refractivity contribution >= 4 is 29.2 Å². The van der Waals surface area contributed by atoms with Gasteiger partial charge in [-0.15, -0.1) is 0 Å². The molecule has 28 heavy (non-hydrogen) atoms. The molecule has 4 unspecified atom stereocenters. The highest BCUT2D eigenvalue weighted by atomic mass is 35.5. The molecule has 1 fully saturated rings. The molecule has 6 heteroatoms. The van der Waals surface area contributed by atoms with Gasteiger partial charge in [-0.3, -0.25) is 14.9 Å². The van der Waals surface area contributed by atoms with Crippen molar-refractivity contribution in [3.05, 3.63) is 64.7 Å². The number of anilines is 1. The number of halogens is 1. The van der Waals surface area contributed by atoms with Crippen LogP contribution in [0, 0.1) is 5.92 Å². The van der Waals surface area contributed by atoms with E-state index in [0.717, 1.165) is 11.1 Å². The highest BCUT2D eigenvalue weighted by Gasteiger charge is 2.65. The van der Waals surface area contributed by atoms with Crippen LogP contribution >= 0.6 is 11.6 Å². The smallest absolute Gasteiger partial charge is 0.321 e. The first kappa shape index (κ1) is 19.0. The maximum absolute atomic E-state index is 13.5. The van der Waals surface area contributed by atoms with E-state index in [1.165, 1.54) is 0 Å². The predicted molar refractivity (Wildman–Crippen MR) is 109 cm³/mol. The van der Waals surface area contributed by atoms with Gasteiger partial charge in [-0.05, 0) is 35.6 Å². The Balaban J connectivity index is 1.99. The second-order valence-electron chi connectivity index (χ2n) is 8.07. The molecule has 2 aliphatic rings. The third-order valence-corrected chi connectivity index (χ3v) is 6.17. The lowest BCUT2D eigenvalue weighted by Gasteiger charge is -2.35. The van der Waals surface area contributed by atoms with Crippen LogP contribution in [0.4, 0.5) is 5.69 Å². The number of carboxylic acid groups (broad SMARTS) is 1. The SMILES string of the molecule is CC(C)CC1NC(C(=O)O)C(c2ccccc2)C12C(=O)Nc1cc(Cl)ccc12. The summed E-state index contributed by atoms with van der Waals surface area (Å²) in [4.78, 5) is 25.7. The number of aliphatic carboxylic acids is 1. The summed E-state index contributed by atoms with van der Waals surface area (Å²) in [7, 11) is 0. The van der Waals surface area contributed by atoms with Gasteiger partial charge < -0.3 is 10.4 Å². The highest BCUT2D eigenvalue weighted by molar-refractivity contribution is 6.31. The maximum Gasteiger partial charge on any atom is 0.321 e. The van der Waals surface area contributed by atoms with Crippen molar-refractivity contribution < 1.29 is 14.7 Å². The highest BCUT2D eigenvalue weighted by Crippen LogP contribution is 2.55. The molecule has 2 aromatic carbocycles. The van der Waals surface area contributed by atoms with Crippen LogP contribution in [0.25, 0.3) is 0 Å². The van der Waals surface area contributed by atoms with E-state index in [1.54, 1.807) is 12.1 Å². The van der Waals surface area contributed by atoms with Crippen molar-refractivity contribution in [1.82, 2.24) is 5.32 Å². The van der Waals surface area contributed by atoms with Gasteiger partial charge in [-0.1, -0.05) is 61.8 Å². The molecule has 4 rings (SSSR count). The summed E-state index contributed by atoms with van der Waals surface area (Å²) < 4.78 is 0. The van der Waals surface area contributed by atoms with E-state index < -0.39 is 23.3 Å². The number of hydrogen-bond acceptors (Lipinski definition) is 3. The fourth-order valence-electron chi connectivity index (χ4n) is 4.96. The van der Waals surface area contributed by atoms with Gasteiger partial charge in [0.25, 0.3) is 0 Å². The van der Waals surface area contributed by atoms with E-state index in [4.69, 9.17) is 11.6 Å². The summed E-state index contributed by atoms with van der Waals surface area (Å²) in [6.45, 7) is 4.16. The number of nitrogens with one attached hydrogen (secondary N) is 2. The van der Waals surface area contributed by atoms with E-state index in [9.17, 15) is 14.7 Å². The summed E-state index contributed by atoms with van der Waals surface area (Å²) >= 11 is 6.16. The second-order valence-corrected chi connectivity index (χ2v) is 8.50. The average Bonchev–Trinajstić information content (AvgIpc) is 3.12. The van der Waals surface area contributed by atoms with Crippen LogP contribution in [0.15, 0.2) is 48.5 Å². The van der Waals surface area contributed by atoms with Gasteiger partial charge in [0.2, 0.25) is 5.91 Å². The molecule has 4 atom stereocenters. The lowest BCUT2D eigenvalue weighted by Crippen LogP contribution is -2.48. The topological polar surface area (TPSA) is 78.4 Å². The van der Waals surface area contributed by atoms with Crippen LogP contribution in [0.3, 0.4) is 0 Å². The molecule has 5 nitrogen and oxygen atoms in total. The molecule has 0 aromatic heterocycles. The quantitative estimate of drug-likeness (QED) is 0.732.